The molecule has 20 heavy (non-hydrogen) atoms. The molecule has 0 saturated carbocycles. The SMILES string of the molecule is Cc1cccc(NCCNC(=O)C2(N)CCOCC2)n1. The highest BCUT2D eigenvalue weighted by Gasteiger charge is 2.35. The van der Waals surface area contributed by atoms with E-state index in [0.717, 1.165) is 11.5 Å². The first-order chi connectivity index (χ1) is 9.60. The second-order valence-corrected chi connectivity index (χ2v) is 5.12. The molecule has 0 aliphatic carbocycles. The monoisotopic (exact) mass is 278 g/mol. The maximum absolute atomic E-state index is 12.1. The molecule has 0 atom stereocenters. The highest BCUT2D eigenvalue weighted by Crippen LogP contribution is 2.17. The van der Waals surface area contributed by atoms with Gasteiger partial charge in [-0.2, -0.15) is 0 Å². The van der Waals surface area contributed by atoms with Crippen LogP contribution in [0.4, 0.5) is 5.82 Å². The average molecular weight is 278 g/mol. The predicted molar refractivity (Wildman–Crippen MR) is 77.4 cm³/mol. The predicted octanol–water partition coefficient (Wildman–Crippen LogP) is 0.426. The number of carbonyl (C=O) groups is 1. The Labute approximate surface area is 119 Å². The molecule has 6 nitrogen and oxygen atoms in total. The van der Waals surface area contributed by atoms with Crippen molar-refractivity contribution in [2.75, 3.05) is 31.6 Å². The van der Waals surface area contributed by atoms with Gasteiger partial charge in [0.15, 0.2) is 0 Å². The lowest BCUT2D eigenvalue weighted by molar-refractivity contribution is -0.129. The maximum atomic E-state index is 12.1. The Hall–Kier alpha value is -1.66. The summed E-state index contributed by atoms with van der Waals surface area (Å²) in [5.41, 5.74) is 6.27. The molecule has 0 spiro atoms. The van der Waals surface area contributed by atoms with Crippen molar-refractivity contribution >= 4 is 11.7 Å². The van der Waals surface area contributed by atoms with Crippen LogP contribution in [-0.2, 0) is 9.53 Å². The van der Waals surface area contributed by atoms with Crippen LogP contribution in [0.3, 0.4) is 0 Å². The number of ether oxygens (including phenoxy) is 1. The van der Waals surface area contributed by atoms with Crippen molar-refractivity contribution in [3.8, 4) is 0 Å². The minimum atomic E-state index is -0.778. The van der Waals surface area contributed by atoms with Gasteiger partial charge in [-0.1, -0.05) is 6.07 Å². The van der Waals surface area contributed by atoms with E-state index in [4.69, 9.17) is 10.5 Å². The summed E-state index contributed by atoms with van der Waals surface area (Å²) in [4.78, 5) is 16.4. The third-order valence-corrected chi connectivity index (χ3v) is 3.44. The van der Waals surface area contributed by atoms with E-state index in [1.165, 1.54) is 0 Å². The van der Waals surface area contributed by atoms with E-state index in [0.29, 0.717) is 39.1 Å². The van der Waals surface area contributed by atoms with Crippen LogP contribution in [0.25, 0.3) is 0 Å². The molecule has 1 aliphatic rings. The smallest absolute Gasteiger partial charge is 0.240 e. The zero-order valence-corrected chi connectivity index (χ0v) is 11.8. The molecular formula is C14H22N4O2. The normalized spacial score (nSPS) is 17.5. The number of pyridine rings is 1. The minimum absolute atomic E-state index is 0.0974. The zero-order chi connectivity index (χ0) is 14.4. The van der Waals surface area contributed by atoms with Gasteiger partial charge in [0.1, 0.15) is 5.82 Å². The van der Waals surface area contributed by atoms with Crippen molar-refractivity contribution in [3.05, 3.63) is 23.9 Å². The molecule has 1 fully saturated rings. The van der Waals surface area contributed by atoms with E-state index in [2.05, 4.69) is 15.6 Å². The molecule has 1 saturated heterocycles. The molecule has 0 unspecified atom stereocenters. The number of hydrogen-bond acceptors (Lipinski definition) is 5. The lowest BCUT2D eigenvalue weighted by Crippen LogP contribution is -2.57. The number of aromatic nitrogens is 1. The van der Waals surface area contributed by atoms with Gasteiger partial charge in [-0.05, 0) is 31.9 Å². The van der Waals surface area contributed by atoms with E-state index in [1.807, 2.05) is 25.1 Å². The van der Waals surface area contributed by atoms with Gasteiger partial charge in [0, 0.05) is 32.0 Å². The summed E-state index contributed by atoms with van der Waals surface area (Å²) in [6.45, 7) is 4.18. The molecular weight excluding hydrogens is 256 g/mol. The number of hydrogen-bond donors (Lipinski definition) is 3. The molecule has 6 heteroatoms. The molecule has 1 aromatic heterocycles. The van der Waals surface area contributed by atoms with E-state index >= 15 is 0 Å². The first-order valence-corrected chi connectivity index (χ1v) is 6.93. The van der Waals surface area contributed by atoms with E-state index < -0.39 is 5.54 Å². The molecule has 4 N–H and O–H groups in total. The Morgan fingerprint density at radius 1 is 1.40 bits per heavy atom. The standard InChI is InChI=1S/C14H22N4O2/c1-11-3-2-4-12(18-11)16-7-8-17-13(19)14(15)5-9-20-10-6-14/h2-4H,5-10,15H2,1H3,(H,16,18)(H,17,19). The maximum Gasteiger partial charge on any atom is 0.240 e. The highest BCUT2D eigenvalue weighted by atomic mass is 16.5. The first kappa shape index (κ1) is 14.7. The molecule has 0 bridgehead atoms. The van der Waals surface area contributed by atoms with Gasteiger partial charge >= 0.3 is 0 Å². The van der Waals surface area contributed by atoms with Crippen LogP contribution >= 0.6 is 0 Å². The summed E-state index contributed by atoms with van der Waals surface area (Å²) in [5.74, 6) is 0.715. The minimum Gasteiger partial charge on any atom is -0.381 e. The number of anilines is 1. The molecule has 2 rings (SSSR count). The largest absolute Gasteiger partial charge is 0.381 e. The van der Waals surface area contributed by atoms with Crippen molar-refractivity contribution < 1.29 is 9.53 Å². The second-order valence-electron chi connectivity index (χ2n) is 5.12. The lowest BCUT2D eigenvalue weighted by atomic mass is 9.90. The summed E-state index contributed by atoms with van der Waals surface area (Å²) < 4.78 is 5.23. The van der Waals surface area contributed by atoms with Crippen molar-refractivity contribution in [3.63, 3.8) is 0 Å². The molecule has 1 aromatic rings. The van der Waals surface area contributed by atoms with Crippen molar-refractivity contribution in [1.29, 1.82) is 0 Å². The van der Waals surface area contributed by atoms with Crippen molar-refractivity contribution in [2.45, 2.75) is 25.3 Å². The van der Waals surface area contributed by atoms with E-state index in [-0.39, 0.29) is 5.91 Å². The van der Waals surface area contributed by atoms with Crippen LogP contribution in [0.15, 0.2) is 18.2 Å². The van der Waals surface area contributed by atoms with Gasteiger partial charge in [0.2, 0.25) is 5.91 Å². The van der Waals surface area contributed by atoms with E-state index in [9.17, 15) is 4.79 Å². The summed E-state index contributed by atoms with van der Waals surface area (Å²) in [7, 11) is 0. The topological polar surface area (TPSA) is 89.3 Å². The van der Waals surface area contributed by atoms with Gasteiger partial charge in [-0.25, -0.2) is 4.98 Å². The van der Waals surface area contributed by atoms with Crippen LogP contribution in [0.2, 0.25) is 0 Å². The Balaban J connectivity index is 1.71. The van der Waals surface area contributed by atoms with Crippen molar-refractivity contribution in [2.24, 2.45) is 5.73 Å². The molecule has 110 valence electrons. The fraction of sp³-hybridized carbons (Fsp3) is 0.571. The van der Waals surface area contributed by atoms with Crippen LogP contribution < -0.4 is 16.4 Å². The number of aryl methyl sites for hydroxylation is 1. The van der Waals surface area contributed by atoms with Crippen LogP contribution in [-0.4, -0.2) is 42.7 Å². The molecule has 1 amide bonds. The molecule has 1 aliphatic heterocycles. The average Bonchev–Trinajstić information content (AvgIpc) is 2.44. The summed E-state index contributed by atoms with van der Waals surface area (Å²) in [6.07, 6.45) is 1.15. The van der Waals surface area contributed by atoms with Gasteiger partial charge in [0.05, 0.1) is 5.54 Å². The molecule has 2 heterocycles. The second kappa shape index (κ2) is 6.67. The third kappa shape index (κ3) is 3.91. The van der Waals surface area contributed by atoms with Gasteiger partial charge in [-0.3, -0.25) is 4.79 Å². The Bertz CT molecular complexity index is 458. The summed E-state index contributed by atoms with van der Waals surface area (Å²) in [6, 6.07) is 5.79. The fourth-order valence-electron chi connectivity index (χ4n) is 2.15. The quantitative estimate of drug-likeness (QED) is 0.680. The van der Waals surface area contributed by atoms with Gasteiger partial charge in [-0.15, -0.1) is 0 Å². The number of rotatable bonds is 5. The number of nitrogens with zero attached hydrogens (tertiary/aromatic N) is 1. The van der Waals surface area contributed by atoms with Crippen LogP contribution in [0.5, 0.6) is 0 Å². The number of nitrogens with two attached hydrogens (primary N) is 1. The molecule has 0 radical (unpaired) electrons. The Morgan fingerprint density at radius 2 is 2.15 bits per heavy atom. The van der Waals surface area contributed by atoms with Crippen LogP contribution in [0, 0.1) is 6.92 Å². The number of amides is 1. The number of carbonyl (C=O) groups excluding carboxylic acids is 1. The first-order valence-electron chi connectivity index (χ1n) is 6.93. The summed E-state index contributed by atoms with van der Waals surface area (Å²) in [5, 5.41) is 6.03. The van der Waals surface area contributed by atoms with Crippen LogP contribution in [0.1, 0.15) is 18.5 Å². The molecule has 0 aromatic carbocycles. The lowest BCUT2D eigenvalue weighted by Gasteiger charge is -2.31. The Morgan fingerprint density at radius 3 is 2.85 bits per heavy atom. The summed E-state index contributed by atoms with van der Waals surface area (Å²) >= 11 is 0. The fourth-order valence-corrected chi connectivity index (χ4v) is 2.15. The van der Waals surface area contributed by atoms with Gasteiger partial charge < -0.3 is 21.1 Å². The zero-order valence-electron chi connectivity index (χ0n) is 11.8. The van der Waals surface area contributed by atoms with Crippen molar-refractivity contribution in [1.82, 2.24) is 10.3 Å². The number of nitrogens with one attached hydrogen (secondary N) is 2. The Kier molecular flexibility index (Phi) is 4.92. The van der Waals surface area contributed by atoms with Gasteiger partial charge in [0.25, 0.3) is 0 Å². The van der Waals surface area contributed by atoms with E-state index in [1.54, 1.807) is 0 Å². The highest BCUT2D eigenvalue weighted by molar-refractivity contribution is 5.86. The third-order valence-electron chi connectivity index (χ3n) is 3.44.